The van der Waals surface area contributed by atoms with Crippen molar-refractivity contribution in [3.8, 4) is 11.4 Å². The van der Waals surface area contributed by atoms with Crippen LogP contribution in [0, 0.1) is 0 Å². The van der Waals surface area contributed by atoms with Crippen molar-refractivity contribution in [3.05, 3.63) is 54.1 Å². The smallest absolute Gasteiger partial charge is 0.141 e. The molecule has 2 N–H and O–H groups in total. The third-order valence-electron chi connectivity index (χ3n) is 3.62. The Hall–Kier alpha value is -2.17. The van der Waals surface area contributed by atoms with Crippen molar-refractivity contribution >= 4 is 11.0 Å². The van der Waals surface area contributed by atoms with E-state index in [4.69, 9.17) is 15.5 Å². The van der Waals surface area contributed by atoms with Gasteiger partial charge in [-0.25, -0.2) is 4.98 Å². The number of ether oxygens (including phenoxy) is 1. The molecule has 2 aromatic carbocycles. The Morgan fingerprint density at radius 1 is 1.10 bits per heavy atom. The van der Waals surface area contributed by atoms with Gasteiger partial charge in [0.1, 0.15) is 5.82 Å². The molecule has 0 fully saturated rings. The predicted molar refractivity (Wildman–Crippen MR) is 84.9 cm³/mol. The van der Waals surface area contributed by atoms with Crippen molar-refractivity contribution < 1.29 is 4.74 Å². The maximum Gasteiger partial charge on any atom is 0.141 e. The fourth-order valence-corrected chi connectivity index (χ4v) is 2.49. The Labute approximate surface area is 124 Å². The lowest BCUT2D eigenvalue weighted by Gasteiger charge is -2.09. The minimum atomic E-state index is 0.556. The number of nitrogens with zero attached hydrogens (tertiary/aromatic N) is 2. The molecule has 4 heteroatoms. The van der Waals surface area contributed by atoms with Crippen LogP contribution in [-0.4, -0.2) is 23.3 Å². The number of nitrogens with two attached hydrogens (primary N) is 1. The second-order valence-electron chi connectivity index (χ2n) is 4.97. The van der Waals surface area contributed by atoms with Gasteiger partial charge in [0.15, 0.2) is 0 Å². The summed E-state index contributed by atoms with van der Waals surface area (Å²) in [6.45, 7) is 2.00. The largest absolute Gasteiger partial charge is 0.383 e. The first kappa shape index (κ1) is 13.8. The van der Waals surface area contributed by atoms with E-state index in [2.05, 4.69) is 34.9 Å². The molecule has 21 heavy (non-hydrogen) atoms. The van der Waals surface area contributed by atoms with Gasteiger partial charge in [0.25, 0.3) is 0 Å². The van der Waals surface area contributed by atoms with Gasteiger partial charge >= 0.3 is 0 Å². The molecule has 4 nitrogen and oxygen atoms in total. The number of hydrogen-bond donors (Lipinski definition) is 1. The van der Waals surface area contributed by atoms with E-state index in [1.165, 1.54) is 0 Å². The minimum Gasteiger partial charge on any atom is -0.383 e. The summed E-state index contributed by atoms with van der Waals surface area (Å²) in [5.74, 6) is 0.969. The second kappa shape index (κ2) is 6.08. The molecule has 1 heterocycles. The molecule has 0 unspecified atom stereocenters. The molecule has 108 valence electrons. The Balaban J connectivity index is 2.10. The summed E-state index contributed by atoms with van der Waals surface area (Å²) in [7, 11) is 1.72. The van der Waals surface area contributed by atoms with Gasteiger partial charge in [-0.1, -0.05) is 36.4 Å². The van der Waals surface area contributed by atoms with Crippen LogP contribution in [0.25, 0.3) is 22.4 Å². The highest BCUT2D eigenvalue weighted by Crippen LogP contribution is 2.25. The molecule has 0 aliphatic rings. The number of rotatable bonds is 5. The molecule has 0 saturated heterocycles. The average Bonchev–Trinajstić information content (AvgIpc) is 2.91. The molecule has 3 rings (SSSR count). The van der Waals surface area contributed by atoms with Crippen LogP contribution in [0.15, 0.2) is 48.5 Å². The molecule has 0 bridgehead atoms. The monoisotopic (exact) mass is 281 g/mol. The molecule has 0 amide bonds. The number of imidazole rings is 1. The standard InChI is InChI=1S/C17H19N3O/c1-21-11-10-20-16-5-3-2-4-15(16)19-17(20)14-8-6-13(12-18)7-9-14/h2-9H,10-12,18H2,1H3. The molecule has 0 aliphatic carbocycles. The summed E-state index contributed by atoms with van der Waals surface area (Å²) in [5, 5.41) is 0. The van der Waals surface area contributed by atoms with Crippen LogP contribution < -0.4 is 5.73 Å². The first-order chi connectivity index (χ1) is 10.3. The predicted octanol–water partition coefficient (Wildman–Crippen LogP) is 2.81. The van der Waals surface area contributed by atoms with Crippen LogP contribution in [0.2, 0.25) is 0 Å². The van der Waals surface area contributed by atoms with Crippen molar-refractivity contribution in [1.82, 2.24) is 9.55 Å². The molecule has 0 spiro atoms. The molecular weight excluding hydrogens is 262 g/mol. The van der Waals surface area contributed by atoms with Crippen molar-refractivity contribution in [2.45, 2.75) is 13.1 Å². The lowest BCUT2D eigenvalue weighted by molar-refractivity contribution is 0.188. The molecule has 3 aromatic rings. The number of aromatic nitrogens is 2. The average molecular weight is 281 g/mol. The Kier molecular flexibility index (Phi) is 3.99. The van der Waals surface area contributed by atoms with E-state index >= 15 is 0 Å². The highest BCUT2D eigenvalue weighted by atomic mass is 16.5. The van der Waals surface area contributed by atoms with Crippen LogP contribution in [0.5, 0.6) is 0 Å². The third-order valence-corrected chi connectivity index (χ3v) is 3.62. The summed E-state index contributed by atoms with van der Waals surface area (Å²) >= 11 is 0. The number of benzene rings is 2. The molecular formula is C17H19N3O. The van der Waals surface area contributed by atoms with E-state index in [9.17, 15) is 0 Å². The molecule has 0 atom stereocenters. The Bertz CT molecular complexity index is 731. The summed E-state index contributed by atoms with van der Waals surface area (Å²) < 4.78 is 7.43. The number of methoxy groups -OCH3 is 1. The van der Waals surface area contributed by atoms with E-state index < -0.39 is 0 Å². The fraction of sp³-hybridized carbons (Fsp3) is 0.235. The zero-order valence-electron chi connectivity index (χ0n) is 12.1. The van der Waals surface area contributed by atoms with Gasteiger partial charge in [0.2, 0.25) is 0 Å². The van der Waals surface area contributed by atoms with E-state index in [0.29, 0.717) is 13.2 Å². The second-order valence-corrected chi connectivity index (χ2v) is 4.97. The fourth-order valence-electron chi connectivity index (χ4n) is 2.49. The normalized spacial score (nSPS) is 11.1. The van der Waals surface area contributed by atoms with Crippen LogP contribution >= 0.6 is 0 Å². The molecule has 1 aromatic heterocycles. The maximum absolute atomic E-state index is 5.66. The molecule has 0 saturated carbocycles. The van der Waals surface area contributed by atoms with Gasteiger partial charge in [0, 0.05) is 25.8 Å². The van der Waals surface area contributed by atoms with E-state index in [1.807, 2.05) is 18.2 Å². The van der Waals surface area contributed by atoms with E-state index in [0.717, 1.165) is 34.5 Å². The van der Waals surface area contributed by atoms with Crippen LogP contribution in [0.4, 0.5) is 0 Å². The Morgan fingerprint density at radius 3 is 2.57 bits per heavy atom. The summed E-state index contributed by atoms with van der Waals surface area (Å²) in [6, 6.07) is 16.4. The number of hydrogen-bond acceptors (Lipinski definition) is 3. The van der Waals surface area contributed by atoms with Gasteiger partial charge in [-0.05, 0) is 17.7 Å². The quantitative estimate of drug-likeness (QED) is 0.782. The van der Waals surface area contributed by atoms with Gasteiger partial charge in [-0.15, -0.1) is 0 Å². The van der Waals surface area contributed by atoms with Crippen LogP contribution in [0.3, 0.4) is 0 Å². The maximum atomic E-state index is 5.66. The van der Waals surface area contributed by atoms with E-state index in [1.54, 1.807) is 7.11 Å². The van der Waals surface area contributed by atoms with Crippen molar-refractivity contribution in [2.24, 2.45) is 5.73 Å². The highest BCUT2D eigenvalue weighted by Gasteiger charge is 2.11. The molecule has 0 aliphatic heterocycles. The van der Waals surface area contributed by atoms with Crippen molar-refractivity contribution in [2.75, 3.05) is 13.7 Å². The zero-order chi connectivity index (χ0) is 14.7. The summed E-state index contributed by atoms with van der Waals surface area (Å²) in [4.78, 5) is 4.77. The summed E-state index contributed by atoms with van der Waals surface area (Å²) in [5.41, 5.74) is 10.0. The number of fused-ring (bicyclic) bond motifs is 1. The Morgan fingerprint density at radius 2 is 1.86 bits per heavy atom. The highest BCUT2D eigenvalue weighted by molar-refractivity contribution is 5.80. The van der Waals surface area contributed by atoms with Gasteiger partial charge in [-0.3, -0.25) is 0 Å². The number of para-hydroxylation sites is 2. The lowest BCUT2D eigenvalue weighted by Crippen LogP contribution is -2.06. The first-order valence-electron chi connectivity index (χ1n) is 7.07. The van der Waals surface area contributed by atoms with E-state index in [-0.39, 0.29) is 0 Å². The van der Waals surface area contributed by atoms with Gasteiger partial charge < -0.3 is 15.0 Å². The van der Waals surface area contributed by atoms with Gasteiger partial charge in [0.05, 0.1) is 17.6 Å². The third kappa shape index (κ3) is 2.68. The van der Waals surface area contributed by atoms with Crippen molar-refractivity contribution in [1.29, 1.82) is 0 Å². The minimum absolute atomic E-state index is 0.556. The summed E-state index contributed by atoms with van der Waals surface area (Å²) in [6.07, 6.45) is 0. The topological polar surface area (TPSA) is 53.1 Å². The van der Waals surface area contributed by atoms with Crippen LogP contribution in [-0.2, 0) is 17.8 Å². The van der Waals surface area contributed by atoms with Crippen LogP contribution in [0.1, 0.15) is 5.56 Å². The lowest BCUT2D eigenvalue weighted by atomic mass is 10.1. The SMILES string of the molecule is COCCn1c(-c2ccc(CN)cc2)nc2ccccc21. The first-order valence-corrected chi connectivity index (χ1v) is 7.07. The van der Waals surface area contributed by atoms with Crippen molar-refractivity contribution in [3.63, 3.8) is 0 Å². The van der Waals surface area contributed by atoms with Gasteiger partial charge in [-0.2, -0.15) is 0 Å². The zero-order valence-corrected chi connectivity index (χ0v) is 12.1. The molecule has 0 radical (unpaired) electrons.